The Balaban J connectivity index is 1.46. The monoisotopic (exact) mass is 387 g/mol. The molecule has 2 saturated heterocycles. The standard InChI is InChI=1S/C22H37N5O/c1-3-9-26-10-8-19(17-26)15-24-22(23-2)25-16-20-6-4-5-7-21(20)18-27-11-13-28-14-12-27/h4-7,19H,3,8-18H2,1-2H3,(H2,23,24,25). The van der Waals surface area contributed by atoms with Gasteiger partial charge in [0.25, 0.3) is 0 Å². The molecule has 0 aromatic heterocycles. The van der Waals surface area contributed by atoms with Crippen molar-refractivity contribution in [3.8, 4) is 0 Å². The van der Waals surface area contributed by atoms with E-state index in [1.165, 1.54) is 43.6 Å². The smallest absolute Gasteiger partial charge is 0.191 e. The molecule has 0 amide bonds. The summed E-state index contributed by atoms with van der Waals surface area (Å²) in [5.41, 5.74) is 2.73. The molecule has 1 unspecified atom stereocenters. The molecule has 156 valence electrons. The minimum Gasteiger partial charge on any atom is -0.379 e. The summed E-state index contributed by atoms with van der Waals surface area (Å²) < 4.78 is 5.47. The molecule has 1 aromatic carbocycles. The molecule has 2 heterocycles. The van der Waals surface area contributed by atoms with Crippen LogP contribution in [0.5, 0.6) is 0 Å². The van der Waals surface area contributed by atoms with Crippen molar-refractivity contribution in [2.24, 2.45) is 10.9 Å². The normalized spacial score (nSPS) is 21.8. The number of rotatable bonds is 8. The van der Waals surface area contributed by atoms with Gasteiger partial charge in [0.1, 0.15) is 0 Å². The van der Waals surface area contributed by atoms with Crippen LogP contribution in [-0.4, -0.2) is 75.3 Å². The number of nitrogens with zero attached hydrogens (tertiary/aromatic N) is 3. The third-order valence-electron chi connectivity index (χ3n) is 5.75. The molecule has 2 aliphatic heterocycles. The molecule has 28 heavy (non-hydrogen) atoms. The van der Waals surface area contributed by atoms with Gasteiger partial charge in [-0.05, 0) is 43.0 Å². The predicted molar refractivity (Wildman–Crippen MR) is 116 cm³/mol. The number of morpholine rings is 1. The maximum atomic E-state index is 5.47. The van der Waals surface area contributed by atoms with Crippen LogP contribution in [-0.2, 0) is 17.8 Å². The van der Waals surface area contributed by atoms with Gasteiger partial charge >= 0.3 is 0 Å². The first-order valence-corrected chi connectivity index (χ1v) is 10.8. The third kappa shape index (κ3) is 6.47. The molecule has 2 N–H and O–H groups in total. The first-order chi connectivity index (χ1) is 13.8. The maximum Gasteiger partial charge on any atom is 0.191 e. The molecule has 2 aliphatic rings. The molecule has 0 radical (unpaired) electrons. The lowest BCUT2D eigenvalue weighted by Crippen LogP contribution is -2.40. The number of ether oxygens (including phenoxy) is 1. The van der Waals surface area contributed by atoms with Crippen LogP contribution in [0.3, 0.4) is 0 Å². The van der Waals surface area contributed by atoms with Gasteiger partial charge in [-0.15, -0.1) is 0 Å². The molecule has 1 aromatic rings. The van der Waals surface area contributed by atoms with E-state index >= 15 is 0 Å². The zero-order chi connectivity index (χ0) is 19.6. The Morgan fingerprint density at radius 3 is 2.64 bits per heavy atom. The van der Waals surface area contributed by atoms with Gasteiger partial charge in [0.2, 0.25) is 0 Å². The van der Waals surface area contributed by atoms with Crippen LogP contribution in [0.15, 0.2) is 29.3 Å². The SMILES string of the molecule is CCCN1CCC(CNC(=NC)NCc2ccccc2CN2CCOCC2)C1. The van der Waals surface area contributed by atoms with E-state index in [1.807, 2.05) is 7.05 Å². The fourth-order valence-electron chi connectivity index (χ4n) is 4.12. The molecule has 6 heteroatoms. The minimum atomic E-state index is 0.721. The van der Waals surface area contributed by atoms with Gasteiger partial charge < -0.3 is 20.3 Å². The fraction of sp³-hybridized carbons (Fsp3) is 0.682. The van der Waals surface area contributed by atoms with Crippen molar-refractivity contribution < 1.29 is 4.74 Å². The lowest BCUT2D eigenvalue weighted by molar-refractivity contribution is 0.0341. The molecule has 6 nitrogen and oxygen atoms in total. The highest BCUT2D eigenvalue weighted by atomic mass is 16.5. The summed E-state index contributed by atoms with van der Waals surface area (Å²) in [6.07, 6.45) is 2.53. The van der Waals surface area contributed by atoms with Crippen molar-refractivity contribution in [1.29, 1.82) is 0 Å². The van der Waals surface area contributed by atoms with Crippen LogP contribution in [0.2, 0.25) is 0 Å². The summed E-state index contributed by atoms with van der Waals surface area (Å²) >= 11 is 0. The van der Waals surface area contributed by atoms with Gasteiger partial charge in [0.15, 0.2) is 5.96 Å². The summed E-state index contributed by atoms with van der Waals surface area (Å²) in [5.74, 6) is 1.62. The lowest BCUT2D eigenvalue weighted by atomic mass is 10.1. The van der Waals surface area contributed by atoms with Crippen LogP contribution in [0.4, 0.5) is 0 Å². The molecular weight excluding hydrogens is 350 g/mol. The second kappa shape index (κ2) is 11.4. The highest BCUT2D eigenvalue weighted by molar-refractivity contribution is 5.79. The number of nitrogens with one attached hydrogen (secondary N) is 2. The molecular formula is C22H37N5O. The van der Waals surface area contributed by atoms with E-state index in [1.54, 1.807) is 0 Å². The van der Waals surface area contributed by atoms with E-state index in [-0.39, 0.29) is 0 Å². The van der Waals surface area contributed by atoms with Crippen LogP contribution >= 0.6 is 0 Å². The van der Waals surface area contributed by atoms with Gasteiger partial charge in [-0.2, -0.15) is 0 Å². The Bertz CT molecular complexity index is 615. The van der Waals surface area contributed by atoms with E-state index in [0.29, 0.717) is 0 Å². The van der Waals surface area contributed by atoms with Crippen molar-refractivity contribution in [1.82, 2.24) is 20.4 Å². The van der Waals surface area contributed by atoms with Gasteiger partial charge in [-0.3, -0.25) is 9.89 Å². The number of hydrogen-bond acceptors (Lipinski definition) is 4. The van der Waals surface area contributed by atoms with Gasteiger partial charge in [-0.1, -0.05) is 31.2 Å². The zero-order valence-corrected chi connectivity index (χ0v) is 17.6. The Hall–Kier alpha value is -1.63. The van der Waals surface area contributed by atoms with E-state index in [0.717, 1.165) is 57.8 Å². The second-order valence-electron chi connectivity index (χ2n) is 7.92. The van der Waals surface area contributed by atoms with Crippen LogP contribution < -0.4 is 10.6 Å². The zero-order valence-electron chi connectivity index (χ0n) is 17.6. The third-order valence-corrected chi connectivity index (χ3v) is 5.75. The number of likely N-dealkylation sites (tertiary alicyclic amines) is 1. The molecule has 3 rings (SSSR count). The fourth-order valence-corrected chi connectivity index (χ4v) is 4.12. The Kier molecular flexibility index (Phi) is 8.58. The van der Waals surface area contributed by atoms with Crippen molar-refractivity contribution in [2.75, 3.05) is 59.5 Å². The summed E-state index contributed by atoms with van der Waals surface area (Å²) in [6, 6.07) is 8.71. The predicted octanol–water partition coefficient (Wildman–Crippen LogP) is 1.92. The van der Waals surface area contributed by atoms with Crippen molar-refractivity contribution in [3.05, 3.63) is 35.4 Å². The molecule has 0 aliphatic carbocycles. The number of benzene rings is 1. The first-order valence-electron chi connectivity index (χ1n) is 10.8. The van der Waals surface area contributed by atoms with E-state index < -0.39 is 0 Å². The summed E-state index contributed by atoms with van der Waals surface area (Å²) in [6.45, 7) is 12.4. The first kappa shape index (κ1) is 21.1. The van der Waals surface area contributed by atoms with E-state index in [9.17, 15) is 0 Å². The Labute approximate surface area is 170 Å². The largest absolute Gasteiger partial charge is 0.379 e. The van der Waals surface area contributed by atoms with Crippen molar-refractivity contribution >= 4 is 5.96 Å². The summed E-state index contributed by atoms with van der Waals surface area (Å²) in [5, 5.41) is 7.04. The van der Waals surface area contributed by atoms with Crippen LogP contribution in [0.25, 0.3) is 0 Å². The summed E-state index contributed by atoms with van der Waals surface area (Å²) in [4.78, 5) is 9.46. The average Bonchev–Trinajstić information content (AvgIpc) is 3.18. The van der Waals surface area contributed by atoms with Crippen molar-refractivity contribution in [2.45, 2.75) is 32.9 Å². The number of hydrogen-bond donors (Lipinski definition) is 2. The topological polar surface area (TPSA) is 52.1 Å². The Morgan fingerprint density at radius 2 is 1.89 bits per heavy atom. The molecule has 1 atom stereocenters. The van der Waals surface area contributed by atoms with Crippen LogP contribution in [0, 0.1) is 5.92 Å². The average molecular weight is 388 g/mol. The lowest BCUT2D eigenvalue weighted by Gasteiger charge is -2.27. The summed E-state index contributed by atoms with van der Waals surface area (Å²) in [7, 11) is 1.85. The molecule has 0 spiro atoms. The van der Waals surface area contributed by atoms with E-state index in [4.69, 9.17) is 4.74 Å². The number of guanidine groups is 1. The number of aliphatic imine (C=N–C) groups is 1. The van der Waals surface area contributed by atoms with Gasteiger partial charge in [-0.25, -0.2) is 0 Å². The van der Waals surface area contributed by atoms with Gasteiger partial charge in [0, 0.05) is 46.3 Å². The minimum absolute atomic E-state index is 0.721. The Morgan fingerprint density at radius 1 is 1.11 bits per heavy atom. The van der Waals surface area contributed by atoms with Crippen LogP contribution in [0.1, 0.15) is 30.9 Å². The van der Waals surface area contributed by atoms with E-state index in [2.05, 4.69) is 56.6 Å². The highest BCUT2D eigenvalue weighted by Crippen LogP contribution is 2.15. The molecule has 2 fully saturated rings. The second-order valence-corrected chi connectivity index (χ2v) is 7.92. The van der Waals surface area contributed by atoms with Crippen molar-refractivity contribution in [3.63, 3.8) is 0 Å². The molecule has 0 bridgehead atoms. The maximum absolute atomic E-state index is 5.47. The quantitative estimate of drug-likeness (QED) is 0.527. The highest BCUT2D eigenvalue weighted by Gasteiger charge is 2.21. The molecule has 0 saturated carbocycles. The van der Waals surface area contributed by atoms with Gasteiger partial charge in [0.05, 0.1) is 13.2 Å².